The van der Waals surface area contributed by atoms with Gasteiger partial charge in [0.05, 0.1) is 6.54 Å². The molecule has 1 atom stereocenters. The lowest BCUT2D eigenvalue weighted by Gasteiger charge is -2.25. The van der Waals surface area contributed by atoms with Crippen LogP contribution in [0.15, 0.2) is 18.2 Å². The van der Waals surface area contributed by atoms with Gasteiger partial charge in [-0.2, -0.15) is 0 Å². The van der Waals surface area contributed by atoms with Gasteiger partial charge in [0.1, 0.15) is 11.6 Å². The Morgan fingerprint density at radius 1 is 1.56 bits per heavy atom. The molecular formula is C13H19FN2O2. The van der Waals surface area contributed by atoms with E-state index in [9.17, 15) is 14.3 Å². The van der Waals surface area contributed by atoms with Crippen molar-refractivity contribution >= 4 is 5.91 Å². The summed E-state index contributed by atoms with van der Waals surface area (Å²) in [6.45, 7) is 4.44. The highest BCUT2D eigenvalue weighted by Gasteiger charge is 2.18. The number of benzene rings is 1. The molecular weight excluding hydrogens is 235 g/mol. The quantitative estimate of drug-likeness (QED) is 0.840. The fraction of sp³-hybridized carbons (Fsp3) is 0.462. The van der Waals surface area contributed by atoms with E-state index in [-0.39, 0.29) is 24.2 Å². The van der Waals surface area contributed by atoms with Crippen LogP contribution in [-0.4, -0.2) is 36.1 Å². The number of carbonyl (C=O) groups is 1. The Balaban J connectivity index is 2.76. The molecule has 1 rings (SSSR count). The number of rotatable bonds is 5. The maximum Gasteiger partial charge on any atom is 0.234 e. The second-order valence-electron chi connectivity index (χ2n) is 4.25. The van der Waals surface area contributed by atoms with Crippen LogP contribution in [0.5, 0.6) is 5.75 Å². The van der Waals surface area contributed by atoms with Gasteiger partial charge in [-0.25, -0.2) is 4.39 Å². The Morgan fingerprint density at radius 2 is 2.22 bits per heavy atom. The number of aromatic hydroxyl groups is 1. The van der Waals surface area contributed by atoms with Crippen molar-refractivity contribution in [1.29, 1.82) is 0 Å². The van der Waals surface area contributed by atoms with E-state index >= 15 is 0 Å². The third-order valence-corrected chi connectivity index (χ3v) is 2.87. The number of phenols is 1. The molecule has 0 saturated heterocycles. The zero-order chi connectivity index (χ0) is 13.7. The molecule has 0 aliphatic carbocycles. The highest BCUT2D eigenvalue weighted by atomic mass is 19.1. The Labute approximate surface area is 106 Å². The van der Waals surface area contributed by atoms with Gasteiger partial charge in [-0.3, -0.25) is 9.69 Å². The number of likely N-dealkylation sites (N-methyl/N-ethyl adjacent to an activating group) is 2. The van der Waals surface area contributed by atoms with Crippen molar-refractivity contribution in [3.8, 4) is 5.75 Å². The van der Waals surface area contributed by atoms with Crippen molar-refractivity contribution in [3.05, 3.63) is 29.6 Å². The molecule has 0 spiro atoms. The van der Waals surface area contributed by atoms with Crippen LogP contribution < -0.4 is 5.32 Å². The highest BCUT2D eigenvalue weighted by molar-refractivity contribution is 5.77. The van der Waals surface area contributed by atoms with E-state index in [0.717, 1.165) is 0 Å². The number of carbonyl (C=O) groups excluding carboxylic acids is 1. The summed E-state index contributed by atoms with van der Waals surface area (Å²) in [6, 6.07) is 3.56. The predicted molar refractivity (Wildman–Crippen MR) is 67.8 cm³/mol. The first-order valence-electron chi connectivity index (χ1n) is 5.91. The first-order chi connectivity index (χ1) is 8.45. The first kappa shape index (κ1) is 14.4. The molecule has 0 saturated carbocycles. The SMILES string of the molecule is CCNC(=O)CN(C)C(C)c1cc(F)ccc1O. The fourth-order valence-corrected chi connectivity index (χ4v) is 1.71. The standard InChI is InChI=1S/C13H19FN2O2/c1-4-15-13(18)8-16(3)9(2)11-7-10(14)5-6-12(11)17/h5-7,9,17H,4,8H2,1-3H3,(H,15,18). The van der Waals surface area contributed by atoms with Crippen molar-refractivity contribution in [2.75, 3.05) is 20.1 Å². The summed E-state index contributed by atoms with van der Waals surface area (Å²) in [7, 11) is 1.75. The lowest BCUT2D eigenvalue weighted by molar-refractivity contribution is -0.122. The van der Waals surface area contributed by atoms with E-state index in [2.05, 4.69) is 5.32 Å². The Hall–Kier alpha value is -1.62. The van der Waals surface area contributed by atoms with Crippen LogP contribution >= 0.6 is 0 Å². The molecule has 4 nitrogen and oxygen atoms in total. The lowest BCUT2D eigenvalue weighted by Crippen LogP contribution is -2.36. The van der Waals surface area contributed by atoms with Crippen LogP contribution in [-0.2, 0) is 4.79 Å². The summed E-state index contributed by atoms with van der Waals surface area (Å²) >= 11 is 0. The van der Waals surface area contributed by atoms with Crippen LogP contribution in [0, 0.1) is 5.82 Å². The number of hydrogen-bond donors (Lipinski definition) is 2. The number of phenolic OH excluding ortho intramolecular Hbond substituents is 1. The lowest BCUT2D eigenvalue weighted by atomic mass is 10.1. The van der Waals surface area contributed by atoms with Crippen molar-refractivity contribution in [2.45, 2.75) is 19.9 Å². The van der Waals surface area contributed by atoms with Gasteiger partial charge in [0, 0.05) is 18.2 Å². The summed E-state index contributed by atoms with van der Waals surface area (Å²) in [5, 5.41) is 12.4. The van der Waals surface area contributed by atoms with E-state index in [0.29, 0.717) is 12.1 Å². The minimum Gasteiger partial charge on any atom is -0.508 e. The molecule has 1 aromatic carbocycles. The van der Waals surface area contributed by atoms with E-state index in [1.807, 2.05) is 13.8 Å². The van der Waals surface area contributed by atoms with Crippen LogP contribution in [0.2, 0.25) is 0 Å². The summed E-state index contributed by atoms with van der Waals surface area (Å²) in [5.74, 6) is -0.463. The number of halogens is 1. The molecule has 0 bridgehead atoms. The molecule has 0 aliphatic heterocycles. The van der Waals surface area contributed by atoms with Gasteiger partial charge in [-0.15, -0.1) is 0 Å². The zero-order valence-corrected chi connectivity index (χ0v) is 10.9. The normalized spacial score (nSPS) is 12.5. The molecule has 0 aromatic heterocycles. The van der Waals surface area contributed by atoms with Gasteiger partial charge in [-0.05, 0) is 39.1 Å². The summed E-state index contributed by atoms with van der Waals surface area (Å²) < 4.78 is 13.1. The topological polar surface area (TPSA) is 52.6 Å². The van der Waals surface area contributed by atoms with Crippen molar-refractivity contribution < 1.29 is 14.3 Å². The molecule has 0 aliphatic rings. The molecule has 2 N–H and O–H groups in total. The third kappa shape index (κ3) is 3.70. The number of nitrogens with zero attached hydrogens (tertiary/aromatic N) is 1. The smallest absolute Gasteiger partial charge is 0.234 e. The fourth-order valence-electron chi connectivity index (χ4n) is 1.71. The first-order valence-corrected chi connectivity index (χ1v) is 5.91. The number of amides is 1. The second kappa shape index (κ2) is 6.35. The number of nitrogens with one attached hydrogen (secondary N) is 1. The summed E-state index contributed by atoms with van der Waals surface area (Å²) in [6.07, 6.45) is 0. The van der Waals surface area contributed by atoms with Crippen LogP contribution in [0.4, 0.5) is 4.39 Å². The minimum absolute atomic E-state index is 0.0339. The molecule has 1 aromatic rings. The highest BCUT2D eigenvalue weighted by Crippen LogP contribution is 2.27. The van der Waals surface area contributed by atoms with Crippen LogP contribution in [0.3, 0.4) is 0 Å². The summed E-state index contributed by atoms with van der Waals surface area (Å²) in [5.41, 5.74) is 0.474. The van der Waals surface area contributed by atoms with Crippen molar-refractivity contribution in [2.24, 2.45) is 0 Å². The molecule has 1 unspecified atom stereocenters. The van der Waals surface area contributed by atoms with Gasteiger partial charge in [0.15, 0.2) is 0 Å². The van der Waals surface area contributed by atoms with E-state index in [1.165, 1.54) is 18.2 Å². The Morgan fingerprint density at radius 3 is 2.83 bits per heavy atom. The van der Waals surface area contributed by atoms with E-state index in [4.69, 9.17) is 0 Å². The maximum atomic E-state index is 13.1. The van der Waals surface area contributed by atoms with Gasteiger partial charge >= 0.3 is 0 Å². The molecule has 5 heteroatoms. The average molecular weight is 254 g/mol. The molecule has 0 heterocycles. The van der Waals surface area contributed by atoms with E-state index < -0.39 is 5.82 Å². The van der Waals surface area contributed by atoms with Gasteiger partial charge in [0.2, 0.25) is 5.91 Å². The largest absolute Gasteiger partial charge is 0.508 e. The Kier molecular flexibility index (Phi) is 5.09. The molecule has 18 heavy (non-hydrogen) atoms. The predicted octanol–water partition coefficient (Wildman–Crippen LogP) is 1.66. The number of hydrogen-bond acceptors (Lipinski definition) is 3. The van der Waals surface area contributed by atoms with Gasteiger partial charge in [0.25, 0.3) is 0 Å². The van der Waals surface area contributed by atoms with Gasteiger partial charge < -0.3 is 10.4 Å². The van der Waals surface area contributed by atoms with Crippen LogP contribution in [0.1, 0.15) is 25.5 Å². The Bertz CT molecular complexity index is 423. The van der Waals surface area contributed by atoms with Crippen molar-refractivity contribution in [1.82, 2.24) is 10.2 Å². The molecule has 0 radical (unpaired) electrons. The zero-order valence-electron chi connectivity index (χ0n) is 10.9. The monoisotopic (exact) mass is 254 g/mol. The molecule has 1 amide bonds. The van der Waals surface area contributed by atoms with E-state index in [1.54, 1.807) is 11.9 Å². The second-order valence-corrected chi connectivity index (χ2v) is 4.25. The molecule has 100 valence electrons. The van der Waals surface area contributed by atoms with Crippen molar-refractivity contribution in [3.63, 3.8) is 0 Å². The average Bonchev–Trinajstić information content (AvgIpc) is 2.31. The maximum absolute atomic E-state index is 13.1. The molecule has 0 fully saturated rings. The van der Waals surface area contributed by atoms with Crippen LogP contribution in [0.25, 0.3) is 0 Å². The summed E-state index contributed by atoms with van der Waals surface area (Å²) in [4.78, 5) is 13.2. The third-order valence-electron chi connectivity index (χ3n) is 2.87. The minimum atomic E-state index is -0.402. The van der Waals surface area contributed by atoms with Gasteiger partial charge in [-0.1, -0.05) is 0 Å².